The summed E-state index contributed by atoms with van der Waals surface area (Å²) in [6.45, 7) is 3.58. The molecule has 0 spiro atoms. The summed E-state index contributed by atoms with van der Waals surface area (Å²) in [7, 11) is 0. The second-order valence-corrected chi connectivity index (χ2v) is 8.65. The van der Waals surface area contributed by atoms with Gasteiger partial charge in [-0.2, -0.15) is 9.97 Å². The molecule has 9 heteroatoms. The van der Waals surface area contributed by atoms with Crippen LogP contribution in [-0.2, 0) is 11.3 Å². The van der Waals surface area contributed by atoms with E-state index in [1.54, 1.807) is 12.5 Å². The lowest BCUT2D eigenvalue weighted by molar-refractivity contribution is 0.122. The highest BCUT2D eigenvalue weighted by Gasteiger charge is 2.23. The Hall–Kier alpha value is -3.46. The fourth-order valence-corrected chi connectivity index (χ4v) is 4.68. The number of furan rings is 1. The molecule has 0 unspecified atom stereocenters. The molecule has 0 radical (unpaired) electrons. The molecule has 2 aliphatic rings. The van der Waals surface area contributed by atoms with Gasteiger partial charge in [0, 0.05) is 37.4 Å². The first-order valence-corrected chi connectivity index (χ1v) is 11.6. The third-order valence-electron chi connectivity index (χ3n) is 6.52. The molecule has 1 saturated heterocycles. The predicted octanol–water partition coefficient (Wildman–Crippen LogP) is 4.05. The maximum atomic E-state index is 5.53. The van der Waals surface area contributed by atoms with E-state index in [4.69, 9.17) is 24.1 Å². The molecule has 170 valence electrons. The first-order chi connectivity index (χ1) is 16.3. The molecular weight excluding hydrogens is 418 g/mol. The van der Waals surface area contributed by atoms with E-state index in [2.05, 4.69) is 25.8 Å². The molecular formula is C24H27N7O2. The Balaban J connectivity index is 1.29. The lowest BCUT2D eigenvalue weighted by Crippen LogP contribution is -2.37. The minimum Gasteiger partial charge on any atom is -0.472 e. The van der Waals surface area contributed by atoms with Crippen molar-refractivity contribution in [2.45, 2.75) is 38.3 Å². The number of nitrogens with one attached hydrogen (secondary N) is 1. The van der Waals surface area contributed by atoms with Crippen LogP contribution >= 0.6 is 0 Å². The van der Waals surface area contributed by atoms with E-state index in [-0.39, 0.29) is 0 Å². The van der Waals surface area contributed by atoms with E-state index >= 15 is 0 Å². The summed E-state index contributed by atoms with van der Waals surface area (Å²) in [6, 6.07) is 6.45. The van der Waals surface area contributed by atoms with Crippen LogP contribution in [-0.4, -0.2) is 50.8 Å². The molecule has 0 atom stereocenters. The highest BCUT2D eigenvalue weighted by molar-refractivity contribution is 5.84. The van der Waals surface area contributed by atoms with Crippen molar-refractivity contribution in [3.05, 3.63) is 48.8 Å². The molecule has 1 aliphatic heterocycles. The second-order valence-electron chi connectivity index (χ2n) is 8.65. The van der Waals surface area contributed by atoms with Crippen LogP contribution in [0.1, 0.15) is 37.3 Å². The highest BCUT2D eigenvalue weighted by Crippen LogP contribution is 2.33. The monoisotopic (exact) mass is 445 g/mol. The van der Waals surface area contributed by atoms with Gasteiger partial charge >= 0.3 is 0 Å². The Labute approximate surface area is 191 Å². The molecule has 4 aromatic rings. The Kier molecular flexibility index (Phi) is 5.39. The van der Waals surface area contributed by atoms with E-state index < -0.39 is 0 Å². The topological polar surface area (TPSA) is 94.1 Å². The predicted molar refractivity (Wildman–Crippen MR) is 125 cm³/mol. The number of anilines is 2. The van der Waals surface area contributed by atoms with Crippen LogP contribution in [0.5, 0.6) is 0 Å². The molecule has 5 heterocycles. The van der Waals surface area contributed by atoms with Crippen LogP contribution < -0.4 is 10.2 Å². The number of hydrogen-bond donors (Lipinski definition) is 1. The average Bonchev–Trinajstić information content (AvgIpc) is 3.65. The summed E-state index contributed by atoms with van der Waals surface area (Å²) in [5.41, 5.74) is 4.66. The van der Waals surface area contributed by atoms with Gasteiger partial charge in [0.15, 0.2) is 17.0 Å². The molecule has 0 aromatic carbocycles. The number of imidazole rings is 1. The van der Waals surface area contributed by atoms with E-state index in [9.17, 15) is 0 Å². The van der Waals surface area contributed by atoms with Crippen molar-refractivity contribution >= 4 is 22.9 Å². The number of pyridine rings is 1. The number of nitrogens with zero attached hydrogens (tertiary/aromatic N) is 6. The van der Waals surface area contributed by atoms with Gasteiger partial charge in [0.05, 0.1) is 37.8 Å². The summed E-state index contributed by atoms with van der Waals surface area (Å²) in [6.07, 6.45) is 12.1. The quantitative estimate of drug-likeness (QED) is 0.475. The van der Waals surface area contributed by atoms with E-state index in [0.717, 1.165) is 52.8 Å². The number of morpholine rings is 1. The molecule has 9 nitrogen and oxygen atoms in total. The largest absolute Gasteiger partial charge is 0.472 e. The van der Waals surface area contributed by atoms with E-state index in [1.807, 2.05) is 24.7 Å². The third kappa shape index (κ3) is 4.04. The summed E-state index contributed by atoms with van der Waals surface area (Å²) < 4.78 is 12.9. The van der Waals surface area contributed by atoms with Crippen molar-refractivity contribution in [1.82, 2.24) is 24.5 Å². The average molecular weight is 446 g/mol. The van der Waals surface area contributed by atoms with Crippen LogP contribution in [0.3, 0.4) is 0 Å². The summed E-state index contributed by atoms with van der Waals surface area (Å²) >= 11 is 0. The van der Waals surface area contributed by atoms with Crippen molar-refractivity contribution in [2.24, 2.45) is 0 Å². The molecule has 33 heavy (non-hydrogen) atoms. The van der Waals surface area contributed by atoms with E-state index in [1.165, 1.54) is 25.7 Å². The lowest BCUT2D eigenvalue weighted by atomic mass is 10.2. The molecule has 1 saturated carbocycles. The summed E-state index contributed by atoms with van der Waals surface area (Å²) in [5.74, 6) is 1.50. The lowest BCUT2D eigenvalue weighted by Gasteiger charge is -2.27. The minimum atomic E-state index is 0.468. The molecule has 6 rings (SSSR count). The van der Waals surface area contributed by atoms with Crippen molar-refractivity contribution in [3.8, 4) is 11.3 Å². The van der Waals surface area contributed by atoms with Crippen LogP contribution in [0, 0.1) is 0 Å². The van der Waals surface area contributed by atoms with Gasteiger partial charge in [-0.1, -0.05) is 18.9 Å². The van der Waals surface area contributed by atoms with Crippen molar-refractivity contribution < 1.29 is 9.15 Å². The van der Waals surface area contributed by atoms with Gasteiger partial charge in [0.1, 0.15) is 0 Å². The Morgan fingerprint density at radius 3 is 2.67 bits per heavy atom. The van der Waals surface area contributed by atoms with Crippen molar-refractivity contribution in [1.29, 1.82) is 0 Å². The molecule has 0 bridgehead atoms. The van der Waals surface area contributed by atoms with Gasteiger partial charge < -0.3 is 23.9 Å². The zero-order valence-corrected chi connectivity index (χ0v) is 18.5. The molecule has 4 aromatic heterocycles. The Bertz CT molecular complexity index is 1210. The molecule has 2 fully saturated rings. The number of ether oxygens (including phenoxy) is 1. The minimum absolute atomic E-state index is 0.468. The van der Waals surface area contributed by atoms with Gasteiger partial charge in [-0.25, -0.2) is 4.98 Å². The van der Waals surface area contributed by atoms with Gasteiger partial charge in [0.2, 0.25) is 5.95 Å². The van der Waals surface area contributed by atoms with Gasteiger partial charge in [-0.05, 0) is 30.5 Å². The van der Waals surface area contributed by atoms with Crippen LogP contribution in [0.15, 0.2) is 47.7 Å². The zero-order valence-electron chi connectivity index (χ0n) is 18.5. The molecule has 0 amide bonds. The first kappa shape index (κ1) is 20.2. The van der Waals surface area contributed by atoms with Crippen LogP contribution in [0.2, 0.25) is 0 Å². The van der Waals surface area contributed by atoms with E-state index in [0.29, 0.717) is 25.8 Å². The SMILES string of the molecule is c1cc(-c2ccc(CNc3nc(N4CCOCC4)nc4c3ncn4C3CCCC3)cn2)co1. The number of rotatable bonds is 6. The molecule has 1 N–H and O–H groups in total. The van der Waals surface area contributed by atoms with Crippen molar-refractivity contribution in [3.63, 3.8) is 0 Å². The standard InChI is InChI=1S/C24H27N7O2/c1-2-4-19(3-1)31-16-27-21-22(28-24(29-23(21)31)30-8-11-32-12-9-30)26-14-17-5-6-20(25-13-17)18-7-10-33-15-18/h5-7,10,13,15-16,19H,1-4,8-9,11-12,14H2,(H,26,28,29). The Morgan fingerprint density at radius 1 is 1.03 bits per heavy atom. The maximum Gasteiger partial charge on any atom is 0.229 e. The highest BCUT2D eigenvalue weighted by atomic mass is 16.5. The zero-order chi connectivity index (χ0) is 22.0. The van der Waals surface area contributed by atoms with Gasteiger partial charge in [-0.3, -0.25) is 4.98 Å². The fraction of sp³-hybridized carbons (Fsp3) is 0.417. The second kappa shape index (κ2) is 8.82. The van der Waals surface area contributed by atoms with Gasteiger partial charge in [0.25, 0.3) is 0 Å². The van der Waals surface area contributed by atoms with Crippen LogP contribution in [0.4, 0.5) is 11.8 Å². The third-order valence-corrected chi connectivity index (χ3v) is 6.52. The number of fused-ring (bicyclic) bond motifs is 1. The summed E-state index contributed by atoms with van der Waals surface area (Å²) in [5, 5.41) is 3.50. The summed E-state index contributed by atoms with van der Waals surface area (Å²) in [4.78, 5) is 21.3. The van der Waals surface area contributed by atoms with Gasteiger partial charge in [-0.15, -0.1) is 0 Å². The van der Waals surface area contributed by atoms with Crippen LogP contribution in [0.25, 0.3) is 22.4 Å². The smallest absolute Gasteiger partial charge is 0.229 e. The number of hydrogen-bond acceptors (Lipinski definition) is 8. The fourth-order valence-electron chi connectivity index (χ4n) is 4.68. The number of aromatic nitrogens is 5. The first-order valence-electron chi connectivity index (χ1n) is 11.6. The molecule has 1 aliphatic carbocycles. The van der Waals surface area contributed by atoms with Crippen molar-refractivity contribution in [2.75, 3.05) is 36.5 Å². The Morgan fingerprint density at radius 2 is 1.91 bits per heavy atom. The maximum absolute atomic E-state index is 5.53. The normalized spacial score (nSPS) is 17.2.